The summed E-state index contributed by atoms with van der Waals surface area (Å²) in [4.78, 5) is 6.82. The lowest BCUT2D eigenvalue weighted by atomic mass is 10.1. The van der Waals surface area contributed by atoms with Crippen LogP contribution in [0.3, 0.4) is 0 Å². The number of nitrogens with one attached hydrogen (secondary N) is 1. The normalized spacial score (nSPS) is 20.0. The van der Waals surface area contributed by atoms with Crippen molar-refractivity contribution in [1.29, 1.82) is 0 Å². The zero-order valence-corrected chi connectivity index (χ0v) is 10.2. The molecule has 3 heteroatoms. The van der Waals surface area contributed by atoms with Crippen molar-refractivity contribution in [1.82, 2.24) is 10.3 Å². The zero-order valence-electron chi connectivity index (χ0n) is 10.2. The SMILES string of the molecule is CCN(CC)c1ccc(C2CCCN2)cn1. The van der Waals surface area contributed by atoms with Crippen LogP contribution in [0.25, 0.3) is 0 Å². The summed E-state index contributed by atoms with van der Waals surface area (Å²) in [7, 11) is 0. The van der Waals surface area contributed by atoms with Crippen LogP contribution in [0, 0.1) is 0 Å². The van der Waals surface area contributed by atoms with E-state index in [1.807, 2.05) is 6.20 Å². The molecule has 0 saturated carbocycles. The van der Waals surface area contributed by atoms with Crippen molar-refractivity contribution < 1.29 is 0 Å². The number of hydrogen-bond donors (Lipinski definition) is 1. The number of aromatic nitrogens is 1. The molecule has 1 unspecified atom stereocenters. The van der Waals surface area contributed by atoms with Crippen LogP contribution in [-0.2, 0) is 0 Å². The Bertz CT molecular complexity index is 289. The van der Waals surface area contributed by atoms with Crippen molar-refractivity contribution in [2.45, 2.75) is 32.7 Å². The molecule has 88 valence electrons. The van der Waals surface area contributed by atoms with Gasteiger partial charge in [0.05, 0.1) is 0 Å². The van der Waals surface area contributed by atoms with E-state index in [1.54, 1.807) is 0 Å². The second kappa shape index (κ2) is 5.30. The molecule has 1 aliphatic rings. The van der Waals surface area contributed by atoms with E-state index in [4.69, 9.17) is 0 Å². The highest BCUT2D eigenvalue weighted by molar-refractivity contribution is 5.39. The summed E-state index contributed by atoms with van der Waals surface area (Å²) in [5.74, 6) is 1.09. The minimum absolute atomic E-state index is 0.526. The number of nitrogens with zero attached hydrogens (tertiary/aromatic N) is 2. The van der Waals surface area contributed by atoms with Gasteiger partial charge in [0.15, 0.2) is 0 Å². The van der Waals surface area contributed by atoms with Gasteiger partial charge in [-0.15, -0.1) is 0 Å². The van der Waals surface area contributed by atoms with Gasteiger partial charge in [-0.2, -0.15) is 0 Å². The van der Waals surface area contributed by atoms with Crippen LogP contribution in [0.2, 0.25) is 0 Å². The fraction of sp³-hybridized carbons (Fsp3) is 0.615. The third-order valence-electron chi connectivity index (χ3n) is 3.32. The largest absolute Gasteiger partial charge is 0.357 e. The standard InChI is InChI=1S/C13H21N3/c1-3-16(4-2)13-8-7-11(10-15-13)12-6-5-9-14-12/h7-8,10,12,14H,3-6,9H2,1-2H3. The van der Waals surface area contributed by atoms with Crippen molar-refractivity contribution in [2.24, 2.45) is 0 Å². The van der Waals surface area contributed by atoms with Gasteiger partial charge in [0, 0.05) is 25.3 Å². The smallest absolute Gasteiger partial charge is 0.128 e. The second-order valence-electron chi connectivity index (χ2n) is 4.27. The van der Waals surface area contributed by atoms with Crippen molar-refractivity contribution >= 4 is 5.82 Å². The van der Waals surface area contributed by atoms with Crippen LogP contribution in [0.5, 0.6) is 0 Å². The highest BCUT2D eigenvalue weighted by atomic mass is 15.2. The number of anilines is 1. The van der Waals surface area contributed by atoms with Gasteiger partial charge in [0.25, 0.3) is 0 Å². The lowest BCUT2D eigenvalue weighted by Crippen LogP contribution is -2.23. The van der Waals surface area contributed by atoms with Crippen molar-refractivity contribution in [2.75, 3.05) is 24.5 Å². The maximum atomic E-state index is 4.55. The molecule has 16 heavy (non-hydrogen) atoms. The van der Waals surface area contributed by atoms with Gasteiger partial charge in [0.2, 0.25) is 0 Å². The summed E-state index contributed by atoms with van der Waals surface area (Å²) in [5.41, 5.74) is 1.33. The Morgan fingerprint density at radius 1 is 1.38 bits per heavy atom. The highest BCUT2D eigenvalue weighted by Crippen LogP contribution is 2.23. The first-order valence-corrected chi connectivity index (χ1v) is 6.29. The molecule has 1 N–H and O–H groups in total. The van der Waals surface area contributed by atoms with E-state index in [9.17, 15) is 0 Å². The second-order valence-corrected chi connectivity index (χ2v) is 4.27. The highest BCUT2D eigenvalue weighted by Gasteiger charge is 2.16. The number of pyridine rings is 1. The number of rotatable bonds is 4. The maximum Gasteiger partial charge on any atom is 0.128 e. The molecule has 0 aromatic carbocycles. The minimum Gasteiger partial charge on any atom is -0.357 e. The lowest BCUT2D eigenvalue weighted by molar-refractivity contribution is 0.644. The van der Waals surface area contributed by atoms with Crippen molar-refractivity contribution in [3.05, 3.63) is 23.9 Å². The van der Waals surface area contributed by atoms with E-state index in [0.717, 1.165) is 25.5 Å². The molecule has 2 heterocycles. The van der Waals surface area contributed by atoms with Crippen LogP contribution in [0.4, 0.5) is 5.82 Å². The molecule has 0 bridgehead atoms. The van der Waals surface area contributed by atoms with E-state index in [-0.39, 0.29) is 0 Å². The summed E-state index contributed by atoms with van der Waals surface area (Å²) >= 11 is 0. The summed E-state index contributed by atoms with van der Waals surface area (Å²) in [6.45, 7) is 7.51. The molecule has 0 aliphatic carbocycles. The van der Waals surface area contributed by atoms with Gasteiger partial charge < -0.3 is 10.2 Å². The first-order valence-electron chi connectivity index (χ1n) is 6.29. The van der Waals surface area contributed by atoms with Crippen LogP contribution >= 0.6 is 0 Å². The Kier molecular flexibility index (Phi) is 3.78. The van der Waals surface area contributed by atoms with Gasteiger partial charge in [-0.3, -0.25) is 0 Å². The first kappa shape index (κ1) is 11.4. The molecule has 0 amide bonds. The first-order chi connectivity index (χ1) is 7.85. The van der Waals surface area contributed by atoms with E-state index < -0.39 is 0 Å². The molecule has 2 rings (SSSR count). The topological polar surface area (TPSA) is 28.2 Å². The molecule has 1 fully saturated rings. The predicted octanol–water partition coefficient (Wildman–Crippen LogP) is 2.35. The van der Waals surface area contributed by atoms with Crippen LogP contribution in [0.1, 0.15) is 38.3 Å². The van der Waals surface area contributed by atoms with E-state index in [0.29, 0.717) is 6.04 Å². The zero-order chi connectivity index (χ0) is 11.4. The van der Waals surface area contributed by atoms with Gasteiger partial charge >= 0.3 is 0 Å². The van der Waals surface area contributed by atoms with Gasteiger partial charge in [-0.05, 0) is 44.9 Å². The van der Waals surface area contributed by atoms with Crippen molar-refractivity contribution in [3.8, 4) is 0 Å². The Labute approximate surface area is 97.9 Å². The monoisotopic (exact) mass is 219 g/mol. The molecular weight excluding hydrogens is 198 g/mol. The average molecular weight is 219 g/mol. The Balaban J connectivity index is 2.09. The molecule has 1 aliphatic heterocycles. The summed E-state index contributed by atoms with van der Waals surface area (Å²) in [5, 5.41) is 3.50. The Morgan fingerprint density at radius 3 is 2.69 bits per heavy atom. The summed E-state index contributed by atoms with van der Waals surface area (Å²) in [6, 6.07) is 4.88. The van der Waals surface area contributed by atoms with Gasteiger partial charge in [0.1, 0.15) is 5.82 Å². The predicted molar refractivity (Wildman–Crippen MR) is 67.8 cm³/mol. The fourth-order valence-electron chi connectivity index (χ4n) is 2.31. The molecular formula is C13H21N3. The molecule has 0 radical (unpaired) electrons. The number of hydrogen-bond acceptors (Lipinski definition) is 3. The van der Waals surface area contributed by atoms with E-state index in [1.165, 1.54) is 18.4 Å². The third-order valence-corrected chi connectivity index (χ3v) is 3.32. The van der Waals surface area contributed by atoms with Crippen LogP contribution in [-0.4, -0.2) is 24.6 Å². The van der Waals surface area contributed by atoms with Crippen LogP contribution in [0.15, 0.2) is 18.3 Å². The van der Waals surface area contributed by atoms with Gasteiger partial charge in [-0.25, -0.2) is 4.98 Å². The Hall–Kier alpha value is -1.09. The molecule has 1 saturated heterocycles. The molecule has 1 aromatic rings. The summed E-state index contributed by atoms with van der Waals surface area (Å²) in [6.07, 6.45) is 4.55. The Morgan fingerprint density at radius 2 is 2.19 bits per heavy atom. The fourth-order valence-corrected chi connectivity index (χ4v) is 2.31. The molecule has 0 spiro atoms. The van der Waals surface area contributed by atoms with E-state index >= 15 is 0 Å². The van der Waals surface area contributed by atoms with Crippen LogP contribution < -0.4 is 10.2 Å². The molecule has 1 aromatic heterocycles. The average Bonchev–Trinajstić information content (AvgIpc) is 2.85. The quantitative estimate of drug-likeness (QED) is 0.842. The van der Waals surface area contributed by atoms with E-state index in [2.05, 4.69) is 41.2 Å². The lowest BCUT2D eigenvalue weighted by Gasteiger charge is -2.20. The van der Waals surface area contributed by atoms with Gasteiger partial charge in [-0.1, -0.05) is 6.07 Å². The maximum absolute atomic E-state index is 4.55. The van der Waals surface area contributed by atoms with Crippen molar-refractivity contribution in [3.63, 3.8) is 0 Å². The minimum atomic E-state index is 0.526. The molecule has 3 nitrogen and oxygen atoms in total. The summed E-state index contributed by atoms with van der Waals surface area (Å²) < 4.78 is 0. The molecule has 1 atom stereocenters. The third kappa shape index (κ3) is 2.35.